The molecule has 0 saturated carbocycles. The van der Waals surface area contributed by atoms with E-state index in [2.05, 4.69) is 33.9 Å². The molecule has 3 nitrogen and oxygen atoms in total. The van der Waals surface area contributed by atoms with Gasteiger partial charge in [0, 0.05) is 26.1 Å². The van der Waals surface area contributed by atoms with Gasteiger partial charge in [0.05, 0.1) is 0 Å². The average molecular weight is 244 g/mol. The van der Waals surface area contributed by atoms with Crippen molar-refractivity contribution in [3.05, 3.63) is 0 Å². The van der Waals surface area contributed by atoms with Crippen molar-refractivity contribution in [1.82, 2.24) is 0 Å². The van der Waals surface area contributed by atoms with Crippen LogP contribution in [0, 0.1) is 0 Å². The number of aldehydes is 1. The van der Waals surface area contributed by atoms with Gasteiger partial charge in [-0.3, -0.25) is 0 Å². The third-order valence-corrected chi connectivity index (χ3v) is 8.35. The van der Waals surface area contributed by atoms with Gasteiger partial charge in [-0.1, -0.05) is 20.8 Å². The summed E-state index contributed by atoms with van der Waals surface area (Å²) >= 11 is 0. The van der Waals surface area contributed by atoms with Crippen molar-refractivity contribution < 1.29 is 14.0 Å². The molecule has 1 saturated heterocycles. The van der Waals surface area contributed by atoms with Gasteiger partial charge in [-0.2, -0.15) is 0 Å². The summed E-state index contributed by atoms with van der Waals surface area (Å²) in [7, 11) is -1.87. The number of rotatable bonds is 3. The predicted molar refractivity (Wildman–Crippen MR) is 67.1 cm³/mol. The second-order valence-corrected chi connectivity index (χ2v) is 10.9. The molecule has 94 valence electrons. The molecule has 16 heavy (non-hydrogen) atoms. The normalized spacial score (nSPS) is 21.8. The Bertz CT molecular complexity index is 249. The maximum atomic E-state index is 11.3. The summed E-state index contributed by atoms with van der Waals surface area (Å²) in [4.78, 5) is 11.3. The highest BCUT2D eigenvalue weighted by Gasteiger charge is 2.45. The second kappa shape index (κ2) is 4.59. The van der Waals surface area contributed by atoms with E-state index in [4.69, 9.17) is 9.16 Å². The molecule has 0 atom stereocenters. The van der Waals surface area contributed by atoms with E-state index in [-0.39, 0.29) is 5.04 Å². The molecule has 1 aliphatic heterocycles. The standard InChI is InChI=1S/C12H24O3Si/c1-11(2,3)16(4,5)15-12(10-13)6-8-14-9-7-12/h10H,6-9H2,1-5H3. The van der Waals surface area contributed by atoms with E-state index in [9.17, 15) is 4.79 Å². The fourth-order valence-corrected chi connectivity index (χ4v) is 3.20. The van der Waals surface area contributed by atoms with Crippen molar-refractivity contribution in [2.45, 2.75) is 57.3 Å². The van der Waals surface area contributed by atoms with Gasteiger partial charge in [0.25, 0.3) is 0 Å². The van der Waals surface area contributed by atoms with Crippen LogP contribution in [-0.2, 0) is 14.0 Å². The van der Waals surface area contributed by atoms with Crippen LogP contribution >= 0.6 is 0 Å². The van der Waals surface area contributed by atoms with Crippen LogP contribution in [0.3, 0.4) is 0 Å². The van der Waals surface area contributed by atoms with E-state index >= 15 is 0 Å². The molecule has 1 fully saturated rings. The Labute approximate surface area is 99.6 Å². The van der Waals surface area contributed by atoms with E-state index in [0.717, 1.165) is 6.29 Å². The smallest absolute Gasteiger partial charge is 0.193 e. The summed E-state index contributed by atoms with van der Waals surface area (Å²) in [5, 5.41) is 0.140. The maximum absolute atomic E-state index is 11.3. The average Bonchev–Trinajstić information content (AvgIpc) is 2.17. The fourth-order valence-electron chi connectivity index (χ4n) is 1.62. The van der Waals surface area contributed by atoms with Crippen molar-refractivity contribution in [1.29, 1.82) is 0 Å². The maximum Gasteiger partial charge on any atom is 0.193 e. The molecule has 0 aromatic carbocycles. The Kier molecular flexibility index (Phi) is 3.98. The molecule has 1 aliphatic rings. The molecule has 0 aromatic heterocycles. The van der Waals surface area contributed by atoms with Gasteiger partial charge in [-0.15, -0.1) is 0 Å². The van der Waals surface area contributed by atoms with Crippen LogP contribution in [0.2, 0.25) is 18.1 Å². The zero-order valence-electron chi connectivity index (χ0n) is 11.1. The summed E-state index contributed by atoms with van der Waals surface area (Å²) in [5.41, 5.74) is -0.582. The van der Waals surface area contributed by atoms with Gasteiger partial charge in [-0.25, -0.2) is 0 Å². The molecule has 0 unspecified atom stereocenters. The minimum Gasteiger partial charge on any atom is -0.404 e. The van der Waals surface area contributed by atoms with Crippen LogP contribution in [-0.4, -0.2) is 33.4 Å². The first-order valence-corrected chi connectivity index (χ1v) is 8.88. The number of hydrogen-bond donors (Lipinski definition) is 0. The van der Waals surface area contributed by atoms with Crippen LogP contribution in [0.5, 0.6) is 0 Å². The molecular formula is C12H24O3Si. The molecule has 4 heteroatoms. The summed E-state index contributed by atoms with van der Waals surface area (Å²) in [6.45, 7) is 12.2. The fraction of sp³-hybridized carbons (Fsp3) is 0.917. The quantitative estimate of drug-likeness (QED) is 0.565. The van der Waals surface area contributed by atoms with Crippen molar-refractivity contribution >= 4 is 14.6 Å². The lowest BCUT2D eigenvalue weighted by Crippen LogP contribution is -2.52. The highest BCUT2D eigenvalue weighted by atomic mass is 28.4. The number of carbonyl (C=O) groups excluding carboxylic acids is 1. The first kappa shape index (κ1) is 13.9. The molecular weight excluding hydrogens is 220 g/mol. The zero-order valence-corrected chi connectivity index (χ0v) is 12.1. The van der Waals surface area contributed by atoms with E-state index in [1.165, 1.54) is 0 Å². The SMILES string of the molecule is CC(C)(C)[Si](C)(C)OC1(C=O)CCOCC1. The largest absolute Gasteiger partial charge is 0.404 e. The Hall–Kier alpha value is -0.193. The molecule has 0 radical (unpaired) electrons. The minimum atomic E-state index is -1.87. The Morgan fingerprint density at radius 2 is 1.75 bits per heavy atom. The monoisotopic (exact) mass is 244 g/mol. The van der Waals surface area contributed by atoms with Crippen LogP contribution in [0.4, 0.5) is 0 Å². The first-order chi connectivity index (χ1) is 7.22. The van der Waals surface area contributed by atoms with Gasteiger partial charge in [0.2, 0.25) is 0 Å². The van der Waals surface area contributed by atoms with Gasteiger partial charge >= 0.3 is 0 Å². The topological polar surface area (TPSA) is 35.5 Å². The third kappa shape index (κ3) is 2.93. The minimum absolute atomic E-state index is 0.140. The summed E-state index contributed by atoms with van der Waals surface area (Å²) in [6, 6.07) is 0. The molecule has 0 amide bonds. The van der Waals surface area contributed by atoms with Crippen molar-refractivity contribution in [3.8, 4) is 0 Å². The van der Waals surface area contributed by atoms with Gasteiger partial charge in [-0.05, 0) is 18.1 Å². The second-order valence-electron chi connectivity index (χ2n) is 6.16. The molecule has 0 N–H and O–H groups in total. The molecule has 0 spiro atoms. The third-order valence-electron chi connectivity index (χ3n) is 3.82. The van der Waals surface area contributed by atoms with Crippen molar-refractivity contribution in [2.75, 3.05) is 13.2 Å². The van der Waals surface area contributed by atoms with Crippen LogP contribution < -0.4 is 0 Å². The van der Waals surface area contributed by atoms with Gasteiger partial charge in [0.15, 0.2) is 14.6 Å². The molecule has 1 rings (SSSR count). The number of ether oxygens (including phenoxy) is 1. The first-order valence-electron chi connectivity index (χ1n) is 5.97. The summed E-state index contributed by atoms with van der Waals surface area (Å²) in [5.74, 6) is 0. The number of carbonyl (C=O) groups is 1. The predicted octanol–water partition coefficient (Wildman–Crippen LogP) is 2.76. The van der Waals surface area contributed by atoms with Crippen molar-refractivity contribution in [2.24, 2.45) is 0 Å². The highest BCUT2D eigenvalue weighted by Crippen LogP contribution is 2.40. The van der Waals surface area contributed by atoms with Crippen LogP contribution in [0.15, 0.2) is 0 Å². The van der Waals surface area contributed by atoms with E-state index in [1.807, 2.05) is 0 Å². The van der Waals surface area contributed by atoms with Crippen molar-refractivity contribution in [3.63, 3.8) is 0 Å². The van der Waals surface area contributed by atoms with E-state index < -0.39 is 13.9 Å². The molecule has 0 aliphatic carbocycles. The Morgan fingerprint density at radius 3 is 2.12 bits per heavy atom. The highest BCUT2D eigenvalue weighted by molar-refractivity contribution is 6.74. The summed E-state index contributed by atoms with van der Waals surface area (Å²) in [6.07, 6.45) is 2.39. The van der Waals surface area contributed by atoms with Crippen LogP contribution in [0.1, 0.15) is 33.6 Å². The lowest BCUT2D eigenvalue weighted by molar-refractivity contribution is -0.131. The zero-order chi connectivity index (χ0) is 12.4. The lowest BCUT2D eigenvalue weighted by Gasteiger charge is -2.44. The molecule has 0 aromatic rings. The number of hydrogen-bond acceptors (Lipinski definition) is 3. The molecule has 0 bridgehead atoms. The Morgan fingerprint density at radius 1 is 1.25 bits per heavy atom. The van der Waals surface area contributed by atoms with E-state index in [0.29, 0.717) is 26.1 Å². The summed E-state index contributed by atoms with van der Waals surface area (Å²) < 4.78 is 11.6. The molecule has 1 heterocycles. The van der Waals surface area contributed by atoms with Gasteiger partial charge in [0.1, 0.15) is 5.60 Å². The Balaban J connectivity index is 2.80. The van der Waals surface area contributed by atoms with Gasteiger partial charge < -0.3 is 14.0 Å². The lowest BCUT2D eigenvalue weighted by atomic mass is 9.97. The van der Waals surface area contributed by atoms with Crippen LogP contribution in [0.25, 0.3) is 0 Å². The van der Waals surface area contributed by atoms with E-state index in [1.54, 1.807) is 0 Å².